The standard InChI is InChI=1S/C15H22N2OS.ClH/c16-11-8-14(18)17-12-15(9-4-5-10-15)19-13-6-2-1-3-7-13;/h1-3,6-7H,4-5,8-12,16H2,(H,17,18);1H. The van der Waals surface area contributed by atoms with Gasteiger partial charge in [-0.15, -0.1) is 24.2 Å². The summed E-state index contributed by atoms with van der Waals surface area (Å²) >= 11 is 1.91. The topological polar surface area (TPSA) is 55.1 Å². The maximum absolute atomic E-state index is 11.6. The normalized spacial score (nSPS) is 16.4. The van der Waals surface area contributed by atoms with Crippen LogP contribution >= 0.6 is 24.2 Å². The second kappa shape index (κ2) is 8.55. The minimum absolute atomic E-state index is 0. The van der Waals surface area contributed by atoms with Crippen molar-refractivity contribution in [2.24, 2.45) is 5.73 Å². The van der Waals surface area contributed by atoms with E-state index in [1.807, 2.05) is 17.8 Å². The molecule has 0 radical (unpaired) electrons. The fraction of sp³-hybridized carbons (Fsp3) is 0.533. The lowest BCUT2D eigenvalue weighted by molar-refractivity contribution is -0.121. The van der Waals surface area contributed by atoms with E-state index in [-0.39, 0.29) is 23.1 Å². The lowest BCUT2D eigenvalue weighted by Crippen LogP contribution is -2.39. The number of hydrogen-bond acceptors (Lipinski definition) is 3. The largest absolute Gasteiger partial charge is 0.355 e. The van der Waals surface area contributed by atoms with Crippen LogP contribution in [0.25, 0.3) is 0 Å². The summed E-state index contributed by atoms with van der Waals surface area (Å²) in [5.41, 5.74) is 5.40. The number of amides is 1. The SMILES string of the molecule is Cl.NCCC(=O)NCC1(Sc2ccccc2)CCCC1. The number of nitrogens with one attached hydrogen (secondary N) is 1. The van der Waals surface area contributed by atoms with Gasteiger partial charge in [0, 0.05) is 29.2 Å². The number of hydrogen-bond donors (Lipinski definition) is 2. The van der Waals surface area contributed by atoms with Crippen molar-refractivity contribution >= 4 is 30.1 Å². The number of carbonyl (C=O) groups is 1. The van der Waals surface area contributed by atoms with E-state index in [1.165, 1.54) is 30.6 Å². The molecule has 1 aliphatic rings. The highest BCUT2D eigenvalue weighted by Crippen LogP contribution is 2.44. The highest BCUT2D eigenvalue weighted by atomic mass is 35.5. The zero-order chi connectivity index (χ0) is 13.6. The van der Waals surface area contributed by atoms with Crippen molar-refractivity contribution in [1.82, 2.24) is 5.32 Å². The zero-order valence-electron chi connectivity index (χ0n) is 11.6. The molecule has 0 unspecified atom stereocenters. The van der Waals surface area contributed by atoms with E-state index in [2.05, 4.69) is 29.6 Å². The average Bonchev–Trinajstić information content (AvgIpc) is 2.87. The number of carbonyl (C=O) groups excluding carboxylic acids is 1. The summed E-state index contributed by atoms with van der Waals surface area (Å²) in [5, 5.41) is 3.05. The number of thioether (sulfide) groups is 1. The molecule has 3 N–H and O–H groups in total. The average molecular weight is 315 g/mol. The lowest BCUT2D eigenvalue weighted by atomic mass is 10.1. The Morgan fingerprint density at radius 3 is 2.50 bits per heavy atom. The van der Waals surface area contributed by atoms with E-state index >= 15 is 0 Å². The Kier molecular flexibility index (Phi) is 7.41. The molecule has 0 spiro atoms. The Balaban J connectivity index is 0.00000200. The van der Waals surface area contributed by atoms with Crippen LogP contribution in [0.4, 0.5) is 0 Å². The van der Waals surface area contributed by atoms with Gasteiger partial charge in [0.05, 0.1) is 0 Å². The van der Waals surface area contributed by atoms with Gasteiger partial charge in [-0.2, -0.15) is 0 Å². The van der Waals surface area contributed by atoms with Crippen LogP contribution in [-0.4, -0.2) is 23.7 Å². The van der Waals surface area contributed by atoms with E-state index in [1.54, 1.807) is 0 Å². The van der Waals surface area contributed by atoms with Gasteiger partial charge in [-0.3, -0.25) is 4.79 Å². The fourth-order valence-corrected chi connectivity index (χ4v) is 3.98. The third-order valence-corrected chi connectivity index (χ3v) is 5.06. The Morgan fingerprint density at radius 2 is 1.90 bits per heavy atom. The predicted molar refractivity (Wildman–Crippen MR) is 87.4 cm³/mol. The molecular formula is C15H23ClN2OS. The quantitative estimate of drug-likeness (QED) is 0.848. The number of rotatable bonds is 6. The van der Waals surface area contributed by atoms with Crippen molar-refractivity contribution in [1.29, 1.82) is 0 Å². The predicted octanol–water partition coefficient (Wildman–Crippen LogP) is 2.98. The molecule has 0 saturated heterocycles. The van der Waals surface area contributed by atoms with E-state index < -0.39 is 0 Å². The van der Waals surface area contributed by atoms with Crippen LogP contribution in [0.3, 0.4) is 0 Å². The molecule has 1 aromatic carbocycles. The molecule has 1 amide bonds. The third kappa shape index (κ3) is 5.00. The van der Waals surface area contributed by atoms with Crippen LogP contribution in [0.2, 0.25) is 0 Å². The van der Waals surface area contributed by atoms with Gasteiger partial charge in [-0.05, 0) is 25.0 Å². The van der Waals surface area contributed by atoms with Crippen LogP contribution in [-0.2, 0) is 4.79 Å². The maximum Gasteiger partial charge on any atom is 0.221 e. The fourth-order valence-electron chi connectivity index (χ4n) is 2.55. The Labute approximate surface area is 131 Å². The van der Waals surface area contributed by atoms with Crippen molar-refractivity contribution in [2.75, 3.05) is 13.1 Å². The van der Waals surface area contributed by atoms with Gasteiger partial charge >= 0.3 is 0 Å². The lowest BCUT2D eigenvalue weighted by Gasteiger charge is -2.28. The summed E-state index contributed by atoms with van der Waals surface area (Å²) in [4.78, 5) is 12.9. The molecule has 0 atom stereocenters. The van der Waals surface area contributed by atoms with E-state index in [9.17, 15) is 4.79 Å². The van der Waals surface area contributed by atoms with Crippen molar-refractivity contribution < 1.29 is 4.79 Å². The summed E-state index contributed by atoms with van der Waals surface area (Å²) in [5.74, 6) is 0.0717. The molecule has 1 saturated carbocycles. The molecule has 2 rings (SSSR count). The van der Waals surface area contributed by atoms with Crippen molar-refractivity contribution in [3.63, 3.8) is 0 Å². The van der Waals surface area contributed by atoms with Gasteiger partial charge in [-0.1, -0.05) is 31.0 Å². The molecule has 112 valence electrons. The monoisotopic (exact) mass is 314 g/mol. The van der Waals surface area contributed by atoms with Gasteiger partial charge in [0.25, 0.3) is 0 Å². The minimum atomic E-state index is 0. The summed E-state index contributed by atoms with van der Waals surface area (Å²) < 4.78 is 0.172. The summed E-state index contributed by atoms with van der Waals surface area (Å²) in [7, 11) is 0. The molecule has 3 nitrogen and oxygen atoms in total. The minimum Gasteiger partial charge on any atom is -0.355 e. The molecule has 0 aromatic heterocycles. The van der Waals surface area contributed by atoms with E-state index in [4.69, 9.17) is 5.73 Å². The molecule has 5 heteroatoms. The van der Waals surface area contributed by atoms with Crippen LogP contribution in [0, 0.1) is 0 Å². The Hall–Kier alpha value is -0.710. The van der Waals surface area contributed by atoms with Crippen molar-refractivity contribution in [2.45, 2.75) is 41.7 Å². The molecule has 1 aromatic rings. The van der Waals surface area contributed by atoms with Gasteiger partial charge in [-0.25, -0.2) is 0 Å². The van der Waals surface area contributed by atoms with E-state index in [0.717, 1.165) is 6.54 Å². The number of benzene rings is 1. The summed E-state index contributed by atoms with van der Waals surface area (Å²) in [6, 6.07) is 10.5. The summed E-state index contributed by atoms with van der Waals surface area (Å²) in [6.07, 6.45) is 5.29. The molecule has 0 bridgehead atoms. The molecule has 1 aliphatic carbocycles. The second-order valence-electron chi connectivity index (χ2n) is 5.12. The van der Waals surface area contributed by atoms with Crippen LogP contribution in [0.5, 0.6) is 0 Å². The van der Waals surface area contributed by atoms with Gasteiger partial charge < -0.3 is 11.1 Å². The molecule has 0 aliphatic heterocycles. The van der Waals surface area contributed by atoms with Crippen molar-refractivity contribution in [3.8, 4) is 0 Å². The van der Waals surface area contributed by atoms with Gasteiger partial charge in [0.1, 0.15) is 0 Å². The Bertz CT molecular complexity index is 408. The Morgan fingerprint density at radius 1 is 1.25 bits per heavy atom. The molecule has 0 heterocycles. The second-order valence-corrected chi connectivity index (χ2v) is 6.66. The highest BCUT2D eigenvalue weighted by Gasteiger charge is 2.35. The molecule has 20 heavy (non-hydrogen) atoms. The van der Waals surface area contributed by atoms with E-state index in [0.29, 0.717) is 13.0 Å². The number of halogens is 1. The molecule has 1 fully saturated rings. The first-order chi connectivity index (χ1) is 9.24. The van der Waals surface area contributed by atoms with Crippen LogP contribution in [0.1, 0.15) is 32.1 Å². The summed E-state index contributed by atoms with van der Waals surface area (Å²) in [6.45, 7) is 1.18. The highest BCUT2D eigenvalue weighted by molar-refractivity contribution is 8.00. The van der Waals surface area contributed by atoms with Crippen LogP contribution < -0.4 is 11.1 Å². The number of nitrogens with two attached hydrogens (primary N) is 1. The first-order valence-corrected chi connectivity index (χ1v) is 7.77. The maximum atomic E-state index is 11.6. The third-order valence-electron chi connectivity index (χ3n) is 3.57. The first kappa shape index (κ1) is 17.3. The smallest absolute Gasteiger partial charge is 0.221 e. The molecular weight excluding hydrogens is 292 g/mol. The van der Waals surface area contributed by atoms with Crippen molar-refractivity contribution in [3.05, 3.63) is 30.3 Å². The van der Waals surface area contributed by atoms with Gasteiger partial charge in [0.2, 0.25) is 5.91 Å². The first-order valence-electron chi connectivity index (χ1n) is 6.95. The van der Waals surface area contributed by atoms with Gasteiger partial charge in [0.15, 0.2) is 0 Å². The zero-order valence-corrected chi connectivity index (χ0v) is 13.3. The van der Waals surface area contributed by atoms with Crippen LogP contribution in [0.15, 0.2) is 35.2 Å².